The predicted octanol–water partition coefficient (Wildman–Crippen LogP) is 1.68. The van der Waals surface area contributed by atoms with Gasteiger partial charge in [0.05, 0.1) is 19.1 Å². The third-order valence-corrected chi connectivity index (χ3v) is 3.83. The Morgan fingerprint density at radius 3 is 2.86 bits per heavy atom. The highest BCUT2D eigenvalue weighted by Crippen LogP contribution is 2.28. The summed E-state index contributed by atoms with van der Waals surface area (Å²) in [5.74, 6) is -0.650. The Labute approximate surface area is 129 Å². The van der Waals surface area contributed by atoms with Crippen LogP contribution < -0.4 is 10.1 Å². The quantitative estimate of drug-likeness (QED) is 0.835. The molecule has 2 atom stereocenters. The van der Waals surface area contributed by atoms with Crippen LogP contribution in [0.2, 0.25) is 0 Å². The maximum atomic E-state index is 12.3. The van der Waals surface area contributed by atoms with E-state index in [0.29, 0.717) is 24.3 Å². The number of carbonyl (C=O) groups excluding carboxylic acids is 1. The van der Waals surface area contributed by atoms with Gasteiger partial charge in [0.15, 0.2) is 0 Å². The van der Waals surface area contributed by atoms with Crippen molar-refractivity contribution in [3.8, 4) is 5.75 Å². The first-order valence-electron chi connectivity index (χ1n) is 7.24. The second kappa shape index (κ2) is 6.79. The molecule has 0 saturated carbocycles. The van der Waals surface area contributed by atoms with Gasteiger partial charge in [-0.3, -0.25) is 9.59 Å². The first-order valence-corrected chi connectivity index (χ1v) is 7.24. The van der Waals surface area contributed by atoms with Crippen molar-refractivity contribution in [2.75, 3.05) is 13.7 Å². The van der Waals surface area contributed by atoms with Crippen LogP contribution in [0.25, 0.3) is 0 Å². The van der Waals surface area contributed by atoms with Gasteiger partial charge in [-0.2, -0.15) is 0 Å². The standard InChI is InChI=1S/C16H21NO5/c1-16(10-14(18)19,11-5-3-6-12(9-11)21-2)17-15(20)13-7-4-8-22-13/h3,5-6,9,13H,4,7-8,10H2,1-2H3,(H,17,20)(H,18,19)/t13-,16?/m0/s1. The minimum atomic E-state index is -1.02. The number of hydrogen-bond donors (Lipinski definition) is 2. The van der Waals surface area contributed by atoms with Crippen LogP contribution in [0.3, 0.4) is 0 Å². The summed E-state index contributed by atoms with van der Waals surface area (Å²) in [5, 5.41) is 12.0. The molecule has 1 aromatic carbocycles. The van der Waals surface area contributed by atoms with Crippen molar-refractivity contribution in [2.24, 2.45) is 0 Å². The highest BCUT2D eigenvalue weighted by Gasteiger charge is 2.35. The van der Waals surface area contributed by atoms with E-state index < -0.39 is 17.6 Å². The SMILES string of the molecule is COc1cccc(C(C)(CC(=O)O)NC(=O)[C@@H]2CCCO2)c1. The van der Waals surface area contributed by atoms with Gasteiger partial charge >= 0.3 is 5.97 Å². The number of carboxylic acids is 1. The second-order valence-corrected chi connectivity index (χ2v) is 5.63. The monoisotopic (exact) mass is 307 g/mol. The molecule has 1 aliphatic heterocycles. The van der Waals surface area contributed by atoms with Crippen LogP contribution in [0, 0.1) is 0 Å². The first-order chi connectivity index (χ1) is 10.4. The maximum Gasteiger partial charge on any atom is 0.306 e. The number of methoxy groups -OCH3 is 1. The lowest BCUT2D eigenvalue weighted by Crippen LogP contribution is -2.48. The third kappa shape index (κ3) is 3.76. The van der Waals surface area contributed by atoms with Gasteiger partial charge in [-0.05, 0) is 37.5 Å². The molecule has 0 bridgehead atoms. The van der Waals surface area contributed by atoms with E-state index in [-0.39, 0.29) is 12.3 Å². The Morgan fingerprint density at radius 1 is 1.50 bits per heavy atom. The van der Waals surface area contributed by atoms with Gasteiger partial charge in [0.25, 0.3) is 0 Å². The molecule has 2 rings (SSSR count). The highest BCUT2D eigenvalue weighted by molar-refractivity contribution is 5.83. The summed E-state index contributed by atoms with van der Waals surface area (Å²) >= 11 is 0. The summed E-state index contributed by atoms with van der Waals surface area (Å²) in [7, 11) is 1.54. The van der Waals surface area contributed by atoms with Crippen molar-refractivity contribution >= 4 is 11.9 Å². The average molecular weight is 307 g/mol. The van der Waals surface area contributed by atoms with Crippen molar-refractivity contribution in [1.82, 2.24) is 5.32 Å². The summed E-state index contributed by atoms with van der Waals surface area (Å²) in [6.07, 6.45) is 0.775. The van der Waals surface area contributed by atoms with E-state index >= 15 is 0 Å². The summed E-state index contributed by atoms with van der Waals surface area (Å²) in [5.41, 5.74) is -0.343. The molecule has 1 heterocycles. The molecule has 1 saturated heterocycles. The Kier molecular flexibility index (Phi) is 5.03. The highest BCUT2D eigenvalue weighted by atomic mass is 16.5. The van der Waals surface area contributed by atoms with E-state index in [1.165, 1.54) is 0 Å². The zero-order valence-electron chi connectivity index (χ0n) is 12.8. The van der Waals surface area contributed by atoms with Crippen LogP contribution in [-0.2, 0) is 19.9 Å². The molecule has 22 heavy (non-hydrogen) atoms. The lowest BCUT2D eigenvalue weighted by molar-refractivity contribution is -0.140. The summed E-state index contributed by atoms with van der Waals surface area (Å²) in [6.45, 7) is 2.26. The Balaban J connectivity index is 2.25. The fraction of sp³-hybridized carbons (Fsp3) is 0.500. The zero-order chi connectivity index (χ0) is 16.2. The maximum absolute atomic E-state index is 12.3. The number of ether oxygens (including phenoxy) is 2. The molecule has 0 spiro atoms. The van der Waals surface area contributed by atoms with Gasteiger partial charge < -0.3 is 19.9 Å². The van der Waals surface area contributed by atoms with Crippen molar-refractivity contribution in [3.63, 3.8) is 0 Å². The number of carbonyl (C=O) groups is 2. The molecule has 6 nitrogen and oxygen atoms in total. The molecule has 0 aliphatic carbocycles. The Bertz CT molecular complexity index is 553. The van der Waals surface area contributed by atoms with Crippen LogP contribution in [0.15, 0.2) is 24.3 Å². The molecule has 0 aromatic heterocycles. The number of aliphatic carboxylic acids is 1. The molecule has 1 unspecified atom stereocenters. The largest absolute Gasteiger partial charge is 0.497 e. The van der Waals surface area contributed by atoms with Crippen LogP contribution in [0.1, 0.15) is 31.7 Å². The van der Waals surface area contributed by atoms with E-state index in [1.54, 1.807) is 38.3 Å². The fourth-order valence-corrected chi connectivity index (χ4v) is 2.62. The molecular weight excluding hydrogens is 286 g/mol. The summed E-state index contributed by atoms with van der Waals surface area (Å²) in [6, 6.07) is 7.05. The van der Waals surface area contributed by atoms with Crippen molar-refractivity contribution < 1.29 is 24.2 Å². The van der Waals surface area contributed by atoms with Gasteiger partial charge in [-0.25, -0.2) is 0 Å². The van der Waals surface area contributed by atoms with Crippen LogP contribution >= 0.6 is 0 Å². The Morgan fingerprint density at radius 2 is 2.27 bits per heavy atom. The summed E-state index contributed by atoms with van der Waals surface area (Å²) < 4.78 is 10.5. The van der Waals surface area contributed by atoms with Gasteiger partial charge in [0.1, 0.15) is 11.9 Å². The van der Waals surface area contributed by atoms with E-state index in [1.807, 2.05) is 0 Å². The van der Waals surface area contributed by atoms with Crippen molar-refractivity contribution in [3.05, 3.63) is 29.8 Å². The van der Waals surface area contributed by atoms with Gasteiger partial charge in [0.2, 0.25) is 5.91 Å². The van der Waals surface area contributed by atoms with E-state index in [2.05, 4.69) is 5.32 Å². The normalized spacial score (nSPS) is 20.2. The number of nitrogens with one attached hydrogen (secondary N) is 1. The van der Waals surface area contributed by atoms with Crippen molar-refractivity contribution in [2.45, 2.75) is 37.8 Å². The molecule has 1 amide bonds. The third-order valence-electron chi connectivity index (χ3n) is 3.83. The molecule has 120 valence electrons. The lowest BCUT2D eigenvalue weighted by Gasteiger charge is -2.31. The molecule has 6 heteroatoms. The molecular formula is C16H21NO5. The zero-order valence-corrected chi connectivity index (χ0v) is 12.8. The Hall–Kier alpha value is -2.08. The van der Waals surface area contributed by atoms with Crippen LogP contribution in [0.4, 0.5) is 0 Å². The molecule has 2 N–H and O–H groups in total. The van der Waals surface area contributed by atoms with E-state index in [0.717, 1.165) is 6.42 Å². The minimum absolute atomic E-state index is 0.224. The number of benzene rings is 1. The topological polar surface area (TPSA) is 84.9 Å². The smallest absolute Gasteiger partial charge is 0.306 e. The molecule has 1 aromatic rings. The first kappa shape index (κ1) is 16.3. The van der Waals surface area contributed by atoms with Gasteiger partial charge in [0, 0.05) is 6.61 Å². The second-order valence-electron chi connectivity index (χ2n) is 5.63. The lowest BCUT2D eigenvalue weighted by atomic mass is 9.88. The van der Waals surface area contributed by atoms with Crippen molar-refractivity contribution in [1.29, 1.82) is 0 Å². The minimum Gasteiger partial charge on any atom is -0.497 e. The van der Waals surface area contributed by atoms with E-state index in [4.69, 9.17) is 9.47 Å². The molecule has 0 radical (unpaired) electrons. The number of hydrogen-bond acceptors (Lipinski definition) is 4. The average Bonchev–Trinajstić information content (AvgIpc) is 3.00. The molecule has 1 fully saturated rings. The predicted molar refractivity (Wildman–Crippen MR) is 79.7 cm³/mol. The van der Waals surface area contributed by atoms with Crippen LogP contribution in [0.5, 0.6) is 5.75 Å². The van der Waals surface area contributed by atoms with Crippen LogP contribution in [-0.4, -0.2) is 36.8 Å². The number of amides is 1. The van der Waals surface area contributed by atoms with Gasteiger partial charge in [-0.15, -0.1) is 0 Å². The number of rotatable bonds is 6. The molecule has 1 aliphatic rings. The van der Waals surface area contributed by atoms with Gasteiger partial charge in [-0.1, -0.05) is 12.1 Å². The van der Waals surface area contributed by atoms with E-state index in [9.17, 15) is 14.7 Å². The fourth-order valence-electron chi connectivity index (χ4n) is 2.62. The number of carboxylic acid groups (broad SMARTS) is 1. The summed E-state index contributed by atoms with van der Waals surface area (Å²) in [4.78, 5) is 23.5.